The van der Waals surface area contributed by atoms with Crippen molar-refractivity contribution in [2.45, 2.75) is 31.2 Å². The van der Waals surface area contributed by atoms with Crippen molar-refractivity contribution >= 4 is 22.6 Å². The normalized spacial score (nSPS) is 19.9. The van der Waals surface area contributed by atoms with Gasteiger partial charge in [-0.2, -0.15) is 5.10 Å². The lowest BCUT2D eigenvalue weighted by atomic mass is 9.97. The molecule has 0 saturated heterocycles. The highest BCUT2D eigenvalue weighted by molar-refractivity contribution is 6.00. The fourth-order valence-corrected chi connectivity index (χ4v) is 3.62. The molecular weight excluding hydrogens is 319 g/mol. The largest absolute Gasteiger partial charge is 0.335 e. The van der Waals surface area contributed by atoms with Crippen molar-refractivity contribution < 1.29 is 9.18 Å². The first-order valence-electron chi connectivity index (χ1n) is 8.45. The van der Waals surface area contributed by atoms with Crippen molar-refractivity contribution in [3.8, 4) is 0 Å². The monoisotopic (exact) mass is 338 g/mol. The Bertz CT molecular complexity index is 907. The van der Waals surface area contributed by atoms with Crippen LogP contribution in [0.15, 0.2) is 48.7 Å². The third-order valence-corrected chi connectivity index (χ3v) is 4.85. The fraction of sp³-hybridized carbons (Fsp3) is 0.263. The van der Waals surface area contributed by atoms with Gasteiger partial charge in [0.05, 0.1) is 17.4 Å². The summed E-state index contributed by atoms with van der Waals surface area (Å²) in [5.41, 5.74) is 2.33. The highest BCUT2D eigenvalue weighted by atomic mass is 19.1. The zero-order valence-electron chi connectivity index (χ0n) is 13.6. The minimum absolute atomic E-state index is 0.0492. The van der Waals surface area contributed by atoms with E-state index in [4.69, 9.17) is 0 Å². The second kappa shape index (κ2) is 6.55. The van der Waals surface area contributed by atoms with Gasteiger partial charge in [0.25, 0.3) is 0 Å². The summed E-state index contributed by atoms with van der Waals surface area (Å²) in [7, 11) is 0. The van der Waals surface area contributed by atoms with Gasteiger partial charge in [0.15, 0.2) is 0 Å². The lowest BCUT2D eigenvalue weighted by Crippen LogP contribution is -2.36. The Labute approximate surface area is 144 Å². The number of carbonyl (C=O) groups excluding carboxylic acids is 1. The highest BCUT2D eigenvalue weighted by Gasteiger charge is 2.28. The van der Waals surface area contributed by atoms with Crippen LogP contribution in [0, 0.1) is 5.82 Å². The lowest BCUT2D eigenvalue weighted by Gasteiger charge is -2.15. The number of anilines is 1. The Morgan fingerprint density at radius 1 is 1.16 bits per heavy atom. The number of nitrogens with zero attached hydrogens (tertiary/aromatic N) is 1. The number of halogens is 1. The van der Waals surface area contributed by atoms with Gasteiger partial charge in [-0.3, -0.25) is 5.10 Å². The number of benzene rings is 2. The maximum absolute atomic E-state index is 13.9. The number of hydrogen-bond donors (Lipinski definition) is 3. The molecule has 2 atom stereocenters. The van der Waals surface area contributed by atoms with Crippen molar-refractivity contribution in [1.29, 1.82) is 0 Å². The number of rotatable bonds is 3. The third kappa shape index (κ3) is 3.20. The molecule has 1 aliphatic rings. The minimum Gasteiger partial charge on any atom is -0.335 e. The van der Waals surface area contributed by atoms with Gasteiger partial charge in [0.2, 0.25) is 0 Å². The Morgan fingerprint density at radius 3 is 2.92 bits per heavy atom. The Hall–Kier alpha value is -2.89. The zero-order chi connectivity index (χ0) is 17.2. The molecule has 1 fully saturated rings. The number of carbonyl (C=O) groups is 1. The van der Waals surface area contributed by atoms with Crippen LogP contribution in [0.25, 0.3) is 10.9 Å². The van der Waals surface area contributed by atoms with E-state index in [0.29, 0.717) is 5.69 Å². The predicted molar refractivity (Wildman–Crippen MR) is 95.0 cm³/mol. The summed E-state index contributed by atoms with van der Waals surface area (Å²) in [5.74, 6) is -0.00644. The van der Waals surface area contributed by atoms with Crippen LogP contribution in [0.2, 0.25) is 0 Å². The van der Waals surface area contributed by atoms with E-state index in [0.717, 1.165) is 35.7 Å². The standard InChI is InChI=1S/C19H19FN4O/c20-16-5-2-1-4-14(16)12-8-9-13(10-12)22-19(25)23-17-6-3-7-18-15(17)11-21-24-18/h1-7,11-13H,8-10H2,(H,21,24)(H2,22,23,25)/t12-,13+/m0/s1. The zero-order valence-corrected chi connectivity index (χ0v) is 13.6. The summed E-state index contributed by atoms with van der Waals surface area (Å²) in [6.07, 6.45) is 4.17. The minimum atomic E-state index is -0.243. The smallest absolute Gasteiger partial charge is 0.319 e. The molecule has 0 bridgehead atoms. The van der Waals surface area contributed by atoms with E-state index in [1.165, 1.54) is 6.07 Å². The van der Waals surface area contributed by atoms with Crippen LogP contribution >= 0.6 is 0 Å². The number of nitrogens with one attached hydrogen (secondary N) is 3. The van der Waals surface area contributed by atoms with Gasteiger partial charge in [-0.1, -0.05) is 24.3 Å². The van der Waals surface area contributed by atoms with Gasteiger partial charge < -0.3 is 10.6 Å². The molecule has 0 radical (unpaired) electrons. The van der Waals surface area contributed by atoms with E-state index >= 15 is 0 Å². The van der Waals surface area contributed by atoms with Gasteiger partial charge in [-0.15, -0.1) is 0 Å². The topological polar surface area (TPSA) is 69.8 Å². The number of aromatic amines is 1. The second-order valence-electron chi connectivity index (χ2n) is 6.46. The van der Waals surface area contributed by atoms with Crippen molar-refractivity contribution in [2.24, 2.45) is 0 Å². The summed E-state index contributed by atoms with van der Waals surface area (Å²) in [6, 6.07) is 12.3. The number of H-pyrrole nitrogens is 1. The molecule has 5 nitrogen and oxygen atoms in total. The van der Waals surface area contributed by atoms with Crippen LogP contribution < -0.4 is 10.6 Å². The van der Waals surface area contributed by atoms with Gasteiger partial charge in [0, 0.05) is 11.4 Å². The third-order valence-electron chi connectivity index (χ3n) is 4.85. The molecule has 128 valence electrons. The van der Waals surface area contributed by atoms with E-state index in [2.05, 4.69) is 20.8 Å². The number of fused-ring (bicyclic) bond motifs is 1. The Kier molecular flexibility index (Phi) is 4.09. The van der Waals surface area contributed by atoms with Crippen molar-refractivity contribution in [3.05, 3.63) is 60.0 Å². The fourth-order valence-electron chi connectivity index (χ4n) is 3.62. The van der Waals surface area contributed by atoms with E-state index < -0.39 is 0 Å². The van der Waals surface area contributed by atoms with Crippen molar-refractivity contribution in [3.63, 3.8) is 0 Å². The molecule has 1 saturated carbocycles. The summed E-state index contributed by atoms with van der Waals surface area (Å²) >= 11 is 0. The van der Waals surface area contributed by atoms with Crippen molar-refractivity contribution in [1.82, 2.24) is 15.5 Å². The summed E-state index contributed by atoms with van der Waals surface area (Å²) in [6.45, 7) is 0. The molecule has 25 heavy (non-hydrogen) atoms. The summed E-state index contributed by atoms with van der Waals surface area (Å²) in [5, 5.41) is 13.6. The molecule has 0 aliphatic heterocycles. The number of aromatic nitrogens is 2. The van der Waals surface area contributed by atoms with Crippen molar-refractivity contribution in [2.75, 3.05) is 5.32 Å². The highest BCUT2D eigenvalue weighted by Crippen LogP contribution is 2.35. The van der Waals surface area contributed by atoms with Crippen LogP contribution in [0.4, 0.5) is 14.9 Å². The van der Waals surface area contributed by atoms with E-state index in [1.54, 1.807) is 12.3 Å². The van der Waals surface area contributed by atoms with Crippen LogP contribution in [0.5, 0.6) is 0 Å². The molecule has 0 spiro atoms. The molecule has 2 aromatic carbocycles. The first-order chi connectivity index (χ1) is 12.2. The van der Waals surface area contributed by atoms with Crippen LogP contribution in [-0.4, -0.2) is 22.3 Å². The summed E-state index contributed by atoms with van der Waals surface area (Å²) in [4.78, 5) is 12.3. The average molecular weight is 338 g/mol. The summed E-state index contributed by atoms with van der Waals surface area (Å²) < 4.78 is 13.9. The molecule has 1 aliphatic carbocycles. The first-order valence-corrected chi connectivity index (χ1v) is 8.45. The Balaban J connectivity index is 1.39. The Morgan fingerprint density at radius 2 is 2.04 bits per heavy atom. The molecule has 1 heterocycles. The van der Waals surface area contributed by atoms with Gasteiger partial charge >= 0.3 is 6.03 Å². The quantitative estimate of drug-likeness (QED) is 0.671. The first kappa shape index (κ1) is 15.6. The molecule has 2 amide bonds. The van der Waals surface area contributed by atoms with Gasteiger partial charge in [-0.25, -0.2) is 9.18 Å². The van der Waals surface area contributed by atoms with E-state index in [9.17, 15) is 9.18 Å². The van der Waals surface area contributed by atoms with Gasteiger partial charge in [-0.05, 0) is 48.9 Å². The van der Waals surface area contributed by atoms with Crippen LogP contribution in [0.1, 0.15) is 30.7 Å². The van der Waals surface area contributed by atoms with E-state index in [-0.39, 0.29) is 23.8 Å². The predicted octanol–water partition coefficient (Wildman–Crippen LogP) is 4.16. The average Bonchev–Trinajstić information content (AvgIpc) is 3.25. The van der Waals surface area contributed by atoms with E-state index in [1.807, 2.05) is 30.3 Å². The molecule has 0 unspecified atom stereocenters. The van der Waals surface area contributed by atoms with Crippen LogP contribution in [0.3, 0.4) is 0 Å². The number of hydrogen-bond acceptors (Lipinski definition) is 2. The van der Waals surface area contributed by atoms with Crippen LogP contribution in [-0.2, 0) is 0 Å². The maximum atomic E-state index is 13.9. The number of amides is 2. The molecule has 4 rings (SSSR count). The molecule has 6 heteroatoms. The van der Waals surface area contributed by atoms with Gasteiger partial charge in [0.1, 0.15) is 5.82 Å². The maximum Gasteiger partial charge on any atom is 0.319 e. The SMILES string of the molecule is O=C(Nc1cccc2[nH]ncc12)N[C@@H]1CC[C@H](c2ccccc2F)C1. The number of urea groups is 1. The molecular formula is C19H19FN4O. The molecule has 1 aromatic heterocycles. The molecule has 3 aromatic rings. The lowest BCUT2D eigenvalue weighted by molar-refractivity contribution is 0.248. The second-order valence-corrected chi connectivity index (χ2v) is 6.46. The molecule has 3 N–H and O–H groups in total.